The van der Waals surface area contributed by atoms with Crippen LogP contribution in [0.1, 0.15) is 11.1 Å². The van der Waals surface area contributed by atoms with E-state index in [1.54, 1.807) is 12.1 Å². The van der Waals surface area contributed by atoms with E-state index >= 15 is 0 Å². The van der Waals surface area contributed by atoms with Crippen LogP contribution < -0.4 is 15.7 Å². The Labute approximate surface area is 118 Å². The van der Waals surface area contributed by atoms with Gasteiger partial charge < -0.3 is 25.4 Å². The Bertz CT molecular complexity index is 501. The number of nitrogens with one attached hydrogen (secondary N) is 1. The lowest BCUT2D eigenvalue weighted by atomic mass is 9.78. The van der Waals surface area contributed by atoms with Gasteiger partial charge in [-0.3, -0.25) is 4.79 Å². The number of piperazine rings is 1. The van der Waals surface area contributed by atoms with Crippen LogP contribution in [-0.2, 0) is 11.2 Å². The third kappa shape index (κ3) is 3.30. The van der Waals surface area contributed by atoms with Crippen molar-refractivity contribution in [2.75, 3.05) is 31.1 Å². The molecule has 1 aliphatic heterocycles. The molecule has 0 aliphatic carbocycles. The first-order chi connectivity index (χ1) is 9.49. The molecule has 2 rings (SSSR count). The Balaban J connectivity index is 2.42. The second-order valence-electron chi connectivity index (χ2n) is 5.01. The molecule has 1 aliphatic rings. The van der Waals surface area contributed by atoms with Gasteiger partial charge in [0.2, 0.25) is 0 Å². The Hall–Kier alpha value is -1.57. The SMILES string of the molecule is Cc1c(CC(=O)O)cc(B(O)O)cc1N1CCNCC1. The van der Waals surface area contributed by atoms with Crippen molar-refractivity contribution in [1.29, 1.82) is 0 Å². The van der Waals surface area contributed by atoms with Crippen molar-refractivity contribution in [2.24, 2.45) is 0 Å². The highest BCUT2D eigenvalue weighted by molar-refractivity contribution is 6.58. The quantitative estimate of drug-likeness (QED) is 0.512. The zero-order valence-electron chi connectivity index (χ0n) is 11.5. The van der Waals surface area contributed by atoms with Crippen LogP contribution in [0.5, 0.6) is 0 Å². The van der Waals surface area contributed by atoms with E-state index in [0.717, 1.165) is 37.4 Å². The maximum Gasteiger partial charge on any atom is 0.488 e. The molecular formula is C13H19BN2O4. The predicted octanol–water partition coefficient (Wildman–Crippen LogP) is -1.29. The summed E-state index contributed by atoms with van der Waals surface area (Å²) in [5.74, 6) is -0.927. The van der Waals surface area contributed by atoms with E-state index < -0.39 is 13.1 Å². The van der Waals surface area contributed by atoms with Crippen molar-refractivity contribution in [1.82, 2.24) is 5.32 Å². The number of anilines is 1. The summed E-state index contributed by atoms with van der Waals surface area (Å²) < 4.78 is 0. The minimum Gasteiger partial charge on any atom is -0.481 e. The van der Waals surface area contributed by atoms with Gasteiger partial charge in [-0.1, -0.05) is 6.07 Å². The Morgan fingerprint density at radius 2 is 2.00 bits per heavy atom. The van der Waals surface area contributed by atoms with Crippen LogP contribution in [0, 0.1) is 6.92 Å². The maximum atomic E-state index is 10.9. The number of hydrogen-bond donors (Lipinski definition) is 4. The van der Waals surface area contributed by atoms with Gasteiger partial charge in [-0.25, -0.2) is 0 Å². The molecule has 4 N–H and O–H groups in total. The van der Waals surface area contributed by atoms with Gasteiger partial charge >= 0.3 is 13.1 Å². The zero-order valence-corrected chi connectivity index (χ0v) is 11.5. The van der Waals surface area contributed by atoms with Gasteiger partial charge in [0.25, 0.3) is 0 Å². The molecule has 1 aromatic carbocycles. The van der Waals surface area contributed by atoms with Crippen LogP contribution in [0.15, 0.2) is 12.1 Å². The summed E-state index contributed by atoms with van der Waals surface area (Å²) in [6.45, 7) is 5.24. The average Bonchev–Trinajstić information content (AvgIpc) is 2.41. The van der Waals surface area contributed by atoms with E-state index in [9.17, 15) is 14.8 Å². The average molecular weight is 278 g/mol. The highest BCUT2D eigenvalue weighted by atomic mass is 16.4. The maximum absolute atomic E-state index is 10.9. The second-order valence-corrected chi connectivity index (χ2v) is 5.01. The van der Waals surface area contributed by atoms with Gasteiger partial charge in [-0.05, 0) is 29.6 Å². The van der Waals surface area contributed by atoms with Crippen LogP contribution in [0.4, 0.5) is 5.69 Å². The minimum absolute atomic E-state index is 0.120. The van der Waals surface area contributed by atoms with Crippen LogP contribution in [0.3, 0.4) is 0 Å². The Morgan fingerprint density at radius 1 is 1.35 bits per heavy atom. The summed E-state index contributed by atoms with van der Waals surface area (Å²) in [5, 5.41) is 31.0. The van der Waals surface area contributed by atoms with Crippen molar-refractivity contribution < 1.29 is 19.9 Å². The van der Waals surface area contributed by atoms with E-state index in [1.807, 2.05) is 6.92 Å². The molecule has 6 nitrogen and oxygen atoms in total. The summed E-state index contributed by atoms with van der Waals surface area (Å²) in [5.41, 5.74) is 2.73. The molecule has 1 saturated heterocycles. The normalized spacial score (nSPS) is 15.2. The number of benzene rings is 1. The summed E-state index contributed by atoms with van der Waals surface area (Å²) in [6.07, 6.45) is -0.120. The molecule has 1 aromatic rings. The molecule has 0 amide bonds. The largest absolute Gasteiger partial charge is 0.488 e. The van der Waals surface area contributed by atoms with Crippen LogP contribution in [0.2, 0.25) is 0 Å². The summed E-state index contributed by atoms with van der Waals surface area (Å²) in [4.78, 5) is 13.1. The first-order valence-electron chi connectivity index (χ1n) is 6.66. The fraction of sp³-hybridized carbons (Fsp3) is 0.462. The topological polar surface area (TPSA) is 93.0 Å². The first kappa shape index (κ1) is 14.8. The van der Waals surface area contributed by atoms with E-state index in [-0.39, 0.29) is 6.42 Å². The van der Waals surface area contributed by atoms with Crippen molar-refractivity contribution in [3.8, 4) is 0 Å². The number of hydrogen-bond acceptors (Lipinski definition) is 5. The molecular weight excluding hydrogens is 259 g/mol. The molecule has 20 heavy (non-hydrogen) atoms. The molecule has 0 unspecified atom stereocenters. The van der Waals surface area contributed by atoms with Crippen LogP contribution in [0.25, 0.3) is 0 Å². The van der Waals surface area contributed by atoms with Crippen LogP contribution in [-0.4, -0.2) is 54.4 Å². The zero-order chi connectivity index (χ0) is 14.7. The standard InChI is InChI=1S/C13H19BN2O4/c1-9-10(7-13(17)18)6-11(14(19)20)8-12(9)16-4-2-15-3-5-16/h6,8,15,19-20H,2-5,7H2,1H3,(H,17,18). The van der Waals surface area contributed by atoms with Gasteiger partial charge in [0.15, 0.2) is 0 Å². The molecule has 1 fully saturated rings. The minimum atomic E-state index is -1.59. The molecule has 1 heterocycles. The van der Waals surface area contributed by atoms with Gasteiger partial charge in [0.1, 0.15) is 0 Å². The molecule has 108 valence electrons. The van der Waals surface area contributed by atoms with Crippen LogP contribution >= 0.6 is 0 Å². The summed E-state index contributed by atoms with van der Waals surface area (Å²) in [7, 11) is -1.59. The molecule has 0 aromatic heterocycles. The monoisotopic (exact) mass is 278 g/mol. The molecule has 0 saturated carbocycles. The van der Waals surface area contributed by atoms with Gasteiger partial charge in [0.05, 0.1) is 6.42 Å². The van der Waals surface area contributed by atoms with E-state index in [2.05, 4.69) is 10.2 Å². The second kappa shape index (κ2) is 6.26. The molecule has 0 radical (unpaired) electrons. The number of rotatable bonds is 4. The molecule has 0 spiro atoms. The molecule has 7 heteroatoms. The van der Waals surface area contributed by atoms with Crippen molar-refractivity contribution in [3.05, 3.63) is 23.3 Å². The highest BCUT2D eigenvalue weighted by Gasteiger charge is 2.20. The summed E-state index contributed by atoms with van der Waals surface area (Å²) >= 11 is 0. The number of carboxylic acid groups (broad SMARTS) is 1. The number of aliphatic carboxylic acids is 1. The van der Waals surface area contributed by atoms with E-state index in [0.29, 0.717) is 11.0 Å². The van der Waals surface area contributed by atoms with Crippen molar-refractivity contribution in [2.45, 2.75) is 13.3 Å². The van der Waals surface area contributed by atoms with E-state index in [4.69, 9.17) is 5.11 Å². The lowest BCUT2D eigenvalue weighted by Crippen LogP contribution is -2.44. The third-order valence-electron chi connectivity index (χ3n) is 3.61. The fourth-order valence-electron chi connectivity index (χ4n) is 2.51. The fourth-order valence-corrected chi connectivity index (χ4v) is 2.51. The Kier molecular flexibility index (Phi) is 4.64. The Morgan fingerprint density at radius 3 is 2.55 bits per heavy atom. The van der Waals surface area contributed by atoms with E-state index in [1.165, 1.54) is 0 Å². The van der Waals surface area contributed by atoms with Crippen molar-refractivity contribution in [3.63, 3.8) is 0 Å². The van der Waals surface area contributed by atoms with Gasteiger partial charge in [-0.15, -0.1) is 0 Å². The molecule has 0 atom stereocenters. The van der Waals surface area contributed by atoms with Crippen molar-refractivity contribution >= 4 is 24.2 Å². The number of carbonyl (C=O) groups is 1. The third-order valence-corrected chi connectivity index (χ3v) is 3.61. The predicted molar refractivity (Wildman–Crippen MR) is 77.4 cm³/mol. The highest BCUT2D eigenvalue weighted by Crippen LogP contribution is 2.23. The number of nitrogens with zero attached hydrogens (tertiary/aromatic N) is 1. The van der Waals surface area contributed by atoms with Gasteiger partial charge in [0, 0.05) is 31.9 Å². The smallest absolute Gasteiger partial charge is 0.481 e. The lowest BCUT2D eigenvalue weighted by molar-refractivity contribution is -0.136. The number of carboxylic acids is 1. The lowest BCUT2D eigenvalue weighted by Gasteiger charge is -2.32. The van der Waals surface area contributed by atoms with Gasteiger partial charge in [-0.2, -0.15) is 0 Å². The molecule has 0 bridgehead atoms. The first-order valence-corrected chi connectivity index (χ1v) is 6.66. The summed E-state index contributed by atoms with van der Waals surface area (Å²) in [6, 6.07) is 3.29.